The first kappa shape index (κ1) is 22.0. The molecule has 1 N–H and O–H groups in total. The molecule has 0 atom stereocenters. The summed E-state index contributed by atoms with van der Waals surface area (Å²) >= 11 is 0. The van der Waals surface area contributed by atoms with Crippen LogP contribution in [0, 0.1) is 0 Å². The molecule has 0 fully saturated rings. The Labute approximate surface area is 157 Å². The van der Waals surface area contributed by atoms with E-state index in [1.165, 1.54) is 0 Å². The largest absolute Gasteiger partial charge is 0.443 e. The summed E-state index contributed by atoms with van der Waals surface area (Å²) in [5, 5.41) is 2.17. The van der Waals surface area contributed by atoms with Crippen molar-refractivity contribution in [2.45, 2.75) is 85.2 Å². The van der Waals surface area contributed by atoms with E-state index in [-0.39, 0.29) is 11.8 Å². The Morgan fingerprint density at radius 1 is 1.04 bits per heavy atom. The molecular formula is C21H33NO4. The van der Waals surface area contributed by atoms with E-state index in [0.29, 0.717) is 5.75 Å². The molecule has 0 unspecified atom stereocenters. The van der Waals surface area contributed by atoms with E-state index in [0.717, 1.165) is 30.4 Å². The summed E-state index contributed by atoms with van der Waals surface area (Å²) in [7, 11) is 0. The van der Waals surface area contributed by atoms with E-state index in [9.17, 15) is 9.59 Å². The molecule has 0 saturated carbocycles. The molecule has 1 aromatic rings. The van der Waals surface area contributed by atoms with E-state index in [2.05, 4.69) is 12.2 Å². The van der Waals surface area contributed by atoms with Gasteiger partial charge in [-0.1, -0.05) is 59.2 Å². The molecule has 146 valence electrons. The topological polar surface area (TPSA) is 64.6 Å². The van der Waals surface area contributed by atoms with Crippen LogP contribution in [0.25, 0.3) is 0 Å². The van der Waals surface area contributed by atoms with E-state index < -0.39 is 17.8 Å². The number of benzene rings is 1. The third kappa shape index (κ3) is 6.70. The third-order valence-corrected chi connectivity index (χ3v) is 4.22. The molecule has 5 heteroatoms. The lowest BCUT2D eigenvalue weighted by Crippen LogP contribution is -2.39. The Morgan fingerprint density at radius 2 is 1.58 bits per heavy atom. The lowest BCUT2D eigenvalue weighted by Gasteiger charge is -2.25. The first-order chi connectivity index (χ1) is 12.1. The van der Waals surface area contributed by atoms with Crippen molar-refractivity contribution in [1.29, 1.82) is 0 Å². The highest BCUT2D eigenvalue weighted by molar-refractivity contribution is 5.89. The highest BCUT2D eigenvalue weighted by atomic mass is 16.6. The number of amides is 2. The molecule has 1 rings (SSSR count). The van der Waals surface area contributed by atoms with Crippen molar-refractivity contribution in [3.05, 3.63) is 29.3 Å². The smallest absolute Gasteiger partial charge is 0.422 e. The second-order valence-electron chi connectivity index (χ2n) is 7.84. The van der Waals surface area contributed by atoms with Gasteiger partial charge < -0.3 is 9.47 Å². The molecular weight excluding hydrogens is 330 g/mol. The first-order valence-electron chi connectivity index (χ1n) is 9.42. The number of hydrogen-bond acceptors (Lipinski definition) is 4. The molecule has 0 aromatic heterocycles. The fraction of sp³-hybridized carbons (Fsp3) is 0.619. The van der Waals surface area contributed by atoms with Crippen molar-refractivity contribution in [2.75, 3.05) is 0 Å². The zero-order valence-electron chi connectivity index (χ0n) is 17.1. The monoisotopic (exact) mass is 363 g/mol. The van der Waals surface area contributed by atoms with Gasteiger partial charge in [0.2, 0.25) is 0 Å². The molecule has 0 radical (unpaired) electrons. The van der Waals surface area contributed by atoms with Gasteiger partial charge in [0.25, 0.3) is 0 Å². The van der Waals surface area contributed by atoms with Gasteiger partial charge in [0, 0.05) is 0 Å². The molecule has 2 amide bonds. The summed E-state index contributed by atoms with van der Waals surface area (Å²) in [5.74, 6) is 0.904. The number of alkyl carbamates (subject to hydrolysis) is 1. The van der Waals surface area contributed by atoms with Crippen LogP contribution in [0.2, 0.25) is 0 Å². The highest BCUT2D eigenvalue weighted by Gasteiger charge is 2.25. The predicted molar refractivity (Wildman–Crippen MR) is 104 cm³/mol. The number of rotatable bonds is 7. The van der Waals surface area contributed by atoms with Crippen molar-refractivity contribution in [1.82, 2.24) is 5.32 Å². The van der Waals surface area contributed by atoms with Crippen LogP contribution in [0.3, 0.4) is 0 Å². The van der Waals surface area contributed by atoms with Crippen LogP contribution in [-0.2, 0) is 4.74 Å². The average Bonchev–Trinajstić information content (AvgIpc) is 2.51. The number of carbonyl (C=O) groups excluding carboxylic acids is 2. The minimum Gasteiger partial charge on any atom is -0.443 e. The van der Waals surface area contributed by atoms with Gasteiger partial charge in [0.1, 0.15) is 11.4 Å². The van der Waals surface area contributed by atoms with E-state index >= 15 is 0 Å². The van der Waals surface area contributed by atoms with Crippen LogP contribution in [-0.4, -0.2) is 17.8 Å². The summed E-state index contributed by atoms with van der Waals surface area (Å²) < 4.78 is 10.9. The van der Waals surface area contributed by atoms with Crippen molar-refractivity contribution in [2.24, 2.45) is 0 Å². The van der Waals surface area contributed by atoms with Crippen LogP contribution in [0.15, 0.2) is 18.2 Å². The molecule has 0 aliphatic carbocycles. The van der Waals surface area contributed by atoms with Gasteiger partial charge in [-0.3, -0.25) is 0 Å². The Morgan fingerprint density at radius 3 is 2.04 bits per heavy atom. The van der Waals surface area contributed by atoms with Crippen LogP contribution < -0.4 is 10.1 Å². The van der Waals surface area contributed by atoms with Gasteiger partial charge in [-0.15, -0.1) is 0 Å². The molecule has 5 nitrogen and oxygen atoms in total. The van der Waals surface area contributed by atoms with E-state index in [1.54, 1.807) is 0 Å². The van der Waals surface area contributed by atoms with Gasteiger partial charge in [-0.25, -0.2) is 14.9 Å². The number of hydrogen-bond donors (Lipinski definition) is 1. The standard InChI is InChI=1S/C21H33NO4/c1-8-9-13-21(6,7)26-20(24)22-19(23)25-18-16(14(2)3)11-10-12-17(18)15(4)5/h10-12,14-15H,8-9,13H2,1-7H3,(H,22,23,24). The lowest BCUT2D eigenvalue weighted by molar-refractivity contribution is 0.0320. The summed E-state index contributed by atoms with van der Waals surface area (Å²) in [4.78, 5) is 24.3. The fourth-order valence-corrected chi connectivity index (χ4v) is 2.73. The summed E-state index contributed by atoms with van der Waals surface area (Å²) in [6.07, 6.45) is 1.09. The molecule has 0 aliphatic heterocycles. The van der Waals surface area contributed by atoms with Crippen LogP contribution in [0.1, 0.15) is 90.7 Å². The molecule has 0 spiro atoms. The number of nitrogens with one attached hydrogen (secondary N) is 1. The first-order valence-corrected chi connectivity index (χ1v) is 9.42. The van der Waals surface area contributed by atoms with Crippen molar-refractivity contribution >= 4 is 12.2 Å². The van der Waals surface area contributed by atoms with Crippen molar-refractivity contribution in [3.8, 4) is 5.75 Å². The maximum atomic E-state index is 12.2. The summed E-state index contributed by atoms with van der Waals surface area (Å²) in [6.45, 7) is 13.9. The quantitative estimate of drug-likeness (QED) is 0.633. The Bertz CT molecular complexity index is 594. The van der Waals surface area contributed by atoms with Crippen LogP contribution >= 0.6 is 0 Å². The average molecular weight is 363 g/mol. The molecule has 0 aliphatic rings. The lowest BCUT2D eigenvalue weighted by atomic mass is 9.94. The number of unbranched alkanes of at least 4 members (excludes halogenated alkanes) is 1. The van der Waals surface area contributed by atoms with Crippen LogP contribution in [0.4, 0.5) is 9.59 Å². The second kappa shape index (κ2) is 9.60. The van der Waals surface area contributed by atoms with E-state index in [1.807, 2.05) is 59.7 Å². The van der Waals surface area contributed by atoms with E-state index in [4.69, 9.17) is 9.47 Å². The minimum absolute atomic E-state index is 0.191. The SMILES string of the molecule is CCCCC(C)(C)OC(=O)NC(=O)Oc1c(C(C)C)cccc1C(C)C. The molecule has 0 bridgehead atoms. The molecule has 1 aromatic carbocycles. The zero-order valence-corrected chi connectivity index (χ0v) is 17.1. The number of ether oxygens (including phenoxy) is 2. The number of para-hydroxylation sites is 1. The second-order valence-corrected chi connectivity index (χ2v) is 7.84. The Kier molecular flexibility index (Phi) is 8.12. The maximum Gasteiger partial charge on any atom is 0.422 e. The number of imide groups is 1. The zero-order chi connectivity index (χ0) is 19.9. The number of carbonyl (C=O) groups is 2. The summed E-state index contributed by atoms with van der Waals surface area (Å²) in [6, 6.07) is 5.83. The van der Waals surface area contributed by atoms with Crippen molar-refractivity contribution in [3.63, 3.8) is 0 Å². The third-order valence-electron chi connectivity index (χ3n) is 4.22. The predicted octanol–water partition coefficient (Wildman–Crippen LogP) is 6.13. The molecule has 0 saturated heterocycles. The maximum absolute atomic E-state index is 12.2. The normalized spacial score (nSPS) is 11.6. The van der Waals surface area contributed by atoms with Crippen molar-refractivity contribution < 1.29 is 19.1 Å². The van der Waals surface area contributed by atoms with Gasteiger partial charge in [0.15, 0.2) is 0 Å². The van der Waals surface area contributed by atoms with Gasteiger partial charge >= 0.3 is 12.2 Å². The Balaban J connectivity index is 2.83. The van der Waals surface area contributed by atoms with Gasteiger partial charge in [-0.2, -0.15) is 0 Å². The fourth-order valence-electron chi connectivity index (χ4n) is 2.73. The van der Waals surface area contributed by atoms with Gasteiger partial charge in [0.05, 0.1) is 0 Å². The Hall–Kier alpha value is -2.04. The van der Waals surface area contributed by atoms with Crippen LogP contribution in [0.5, 0.6) is 5.75 Å². The molecule has 26 heavy (non-hydrogen) atoms. The van der Waals surface area contributed by atoms with Gasteiger partial charge in [-0.05, 0) is 49.7 Å². The summed E-state index contributed by atoms with van der Waals surface area (Å²) in [5.41, 5.74) is 1.24. The molecule has 0 heterocycles. The highest BCUT2D eigenvalue weighted by Crippen LogP contribution is 2.34. The minimum atomic E-state index is -0.823.